The van der Waals surface area contributed by atoms with Gasteiger partial charge in [0.1, 0.15) is 11.5 Å². The number of aryl methyl sites for hydroxylation is 1. The zero-order valence-electron chi connectivity index (χ0n) is 18.2. The van der Waals surface area contributed by atoms with E-state index in [1.165, 1.54) is 44.6 Å². The quantitative estimate of drug-likeness (QED) is 0.497. The molecule has 1 amide bonds. The number of hydrogen-bond acceptors (Lipinski definition) is 7. The van der Waals surface area contributed by atoms with E-state index >= 15 is 0 Å². The number of methoxy groups -OCH3 is 2. The Morgan fingerprint density at radius 3 is 2.38 bits per heavy atom. The summed E-state index contributed by atoms with van der Waals surface area (Å²) in [5.41, 5.74) is 0.667. The molecule has 0 aliphatic heterocycles. The van der Waals surface area contributed by atoms with Crippen molar-refractivity contribution in [2.75, 3.05) is 32.1 Å². The normalized spacial score (nSPS) is 10.9. The van der Waals surface area contributed by atoms with Gasteiger partial charge >= 0.3 is 5.97 Å². The first-order valence-electron chi connectivity index (χ1n) is 9.61. The van der Waals surface area contributed by atoms with Gasteiger partial charge < -0.3 is 19.5 Å². The van der Waals surface area contributed by atoms with Crippen molar-refractivity contribution in [3.8, 4) is 11.5 Å². The molecule has 2 N–H and O–H groups in total. The highest BCUT2D eigenvalue weighted by Crippen LogP contribution is 2.37. The summed E-state index contributed by atoms with van der Waals surface area (Å²) in [4.78, 5) is 23.7. The molecule has 0 aromatic heterocycles. The standard InChI is InChI=1S/C21H25ClN2O7S/c1-5-31-20(25)8-9-23-21(26)14-7-6-13(2)19(10-14)32(27,28)24-16-11-15(22)17(29-3)12-18(16)30-4/h6-7,10-12,24H,5,8-9H2,1-4H3,(H,23,26). The number of halogens is 1. The molecule has 2 rings (SSSR count). The van der Waals surface area contributed by atoms with Crippen molar-refractivity contribution in [1.82, 2.24) is 5.32 Å². The molecular formula is C21H25ClN2O7S. The first kappa shape index (κ1) is 25.3. The number of sulfonamides is 1. The van der Waals surface area contributed by atoms with E-state index in [0.29, 0.717) is 11.3 Å². The summed E-state index contributed by atoms with van der Waals surface area (Å²) in [7, 11) is -1.28. The molecule has 0 saturated carbocycles. The largest absolute Gasteiger partial charge is 0.495 e. The predicted octanol–water partition coefficient (Wildman–Crippen LogP) is 3.15. The highest BCUT2D eigenvalue weighted by atomic mass is 35.5. The summed E-state index contributed by atoms with van der Waals surface area (Å²) in [6.45, 7) is 3.61. The molecule has 2 aromatic rings. The molecule has 32 heavy (non-hydrogen) atoms. The third kappa shape index (κ3) is 6.27. The highest BCUT2D eigenvalue weighted by molar-refractivity contribution is 7.92. The van der Waals surface area contributed by atoms with Crippen LogP contribution in [0.25, 0.3) is 0 Å². The molecule has 0 heterocycles. The molecule has 0 atom stereocenters. The second-order valence-electron chi connectivity index (χ2n) is 6.58. The van der Waals surface area contributed by atoms with Crippen molar-refractivity contribution in [2.24, 2.45) is 0 Å². The Labute approximate surface area is 192 Å². The van der Waals surface area contributed by atoms with Gasteiger partial charge in [0, 0.05) is 18.2 Å². The molecule has 0 aliphatic rings. The van der Waals surface area contributed by atoms with E-state index < -0.39 is 21.9 Å². The van der Waals surface area contributed by atoms with Gasteiger partial charge in [-0.25, -0.2) is 8.42 Å². The number of carbonyl (C=O) groups is 2. The summed E-state index contributed by atoms with van der Waals surface area (Å²) in [6, 6.07) is 7.11. The van der Waals surface area contributed by atoms with Gasteiger partial charge in [-0.15, -0.1) is 0 Å². The summed E-state index contributed by atoms with van der Waals surface area (Å²) < 4.78 is 43.7. The zero-order valence-corrected chi connectivity index (χ0v) is 19.7. The Kier molecular flexibility index (Phi) is 8.73. The lowest BCUT2D eigenvalue weighted by atomic mass is 10.1. The van der Waals surface area contributed by atoms with Gasteiger partial charge in [0.25, 0.3) is 15.9 Å². The topological polar surface area (TPSA) is 120 Å². The van der Waals surface area contributed by atoms with E-state index in [9.17, 15) is 18.0 Å². The van der Waals surface area contributed by atoms with Gasteiger partial charge in [0.05, 0.1) is 42.9 Å². The fourth-order valence-electron chi connectivity index (χ4n) is 2.78. The Morgan fingerprint density at radius 2 is 1.75 bits per heavy atom. The van der Waals surface area contributed by atoms with Crippen LogP contribution in [0, 0.1) is 6.92 Å². The third-order valence-electron chi connectivity index (χ3n) is 4.38. The van der Waals surface area contributed by atoms with Crippen molar-refractivity contribution in [3.05, 3.63) is 46.5 Å². The predicted molar refractivity (Wildman–Crippen MR) is 120 cm³/mol. The molecule has 0 spiro atoms. The Morgan fingerprint density at radius 1 is 1.06 bits per heavy atom. The van der Waals surface area contributed by atoms with Gasteiger partial charge in [-0.3, -0.25) is 14.3 Å². The van der Waals surface area contributed by atoms with Crippen LogP contribution in [-0.2, 0) is 19.6 Å². The Bertz CT molecular complexity index is 1100. The van der Waals surface area contributed by atoms with Crippen LogP contribution in [-0.4, -0.2) is 47.7 Å². The number of anilines is 1. The Balaban J connectivity index is 2.26. The lowest BCUT2D eigenvalue weighted by Crippen LogP contribution is -2.27. The van der Waals surface area contributed by atoms with E-state index in [1.54, 1.807) is 13.8 Å². The highest BCUT2D eigenvalue weighted by Gasteiger charge is 2.22. The number of nitrogens with one attached hydrogen (secondary N) is 2. The van der Waals surface area contributed by atoms with Crippen molar-refractivity contribution >= 4 is 39.2 Å². The second-order valence-corrected chi connectivity index (χ2v) is 8.64. The fraction of sp³-hybridized carbons (Fsp3) is 0.333. The van der Waals surface area contributed by atoms with Crippen molar-refractivity contribution in [1.29, 1.82) is 0 Å². The molecule has 174 valence electrons. The minimum Gasteiger partial charge on any atom is -0.495 e. The van der Waals surface area contributed by atoms with Gasteiger partial charge in [0.2, 0.25) is 0 Å². The molecular weight excluding hydrogens is 460 g/mol. The minimum atomic E-state index is -4.09. The molecule has 0 fully saturated rings. The summed E-state index contributed by atoms with van der Waals surface area (Å²) >= 11 is 6.12. The average Bonchev–Trinajstić information content (AvgIpc) is 2.74. The van der Waals surface area contributed by atoms with E-state index in [0.717, 1.165) is 0 Å². The number of benzene rings is 2. The minimum absolute atomic E-state index is 0.0101. The fourth-order valence-corrected chi connectivity index (χ4v) is 4.36. The van der Waals surface area contributed by atoms with Crippen LogP contribution < -0.4 is 19.5 Å². The maximum Gasteiger partial charge on any atom is 0.307 e. The van der Waals surface area contributed by atoms with Crippen LogP contribution in [0.2, 0.25) is 5.02 Å². The third-order valence-corrected chi connectivity index (χ3v) is 6.18. The molecule has 2 aromatic carbocycles. The van der Waals surface area contributed by atoms with Crippen LogP contribution in [0.15, 0.2) is 35.2 Å². The van der Waals surface area contributed by atoms with Crippen LogP contribution in [0.1, 0.15) is 29.3 Å². The maximum absolute atomic E-state index is 13.1. The number of rotatable bonds is 10. The van der Waals surface area contributed by atoms with Gasteiger partial charge in [0.15, 0.2) is 0 Å². The molecule has 0 radical (unpaired) electrons. The monoisotopic (exact) mass is 484 g/mol. The molecule has 0 bridgehead atoms. The van der Waals surface area contributed by atoms with E-state index in [1.807, 2.05) is 0 Å². The lowest BCUT2D eigenvalue weighted by Gasteiger charge is -2.16. The van der Waals surface area contributed by atoms with Gasteiger partial charge in [-0.2, -0.15) is 0 Å². The van der Waals surface area contributed by atoms with E-state index in [4.69, 9.17) is 25.8 Å². The number of carbonyl (C=O) groups excluding carboxylic acids is 2. The summed E-state index contributed by atoms with van der Waals surface area (Å²) in [5.74, 6) is -0.420. The molecule has 0 unspecified atom stereocenters. The van der Waals surface area contributed by atoms with Gasteiger partial charge in [-0.1, -0.05) is 17.7 Å². The van der Waals surface area contributed by atoms with Gasteiger partial charge in [-0.05, 0) is 37.6 Å². The van der Waals surface area contributed by atoms with Crippen molar-refractivity contribution in [2.45, 2.75) is 25.2 Å². The summed E-state index contributed by atoms with van der Waals surface area (Å²) in [5, 5.41) is 2.76. The first-order chi connectivity index (χ1) is 15.1. The SMILES string of the molecule is CCOC(=O)CCNC(=O)c1ccc(C)c(S(=O)(=O)Nc2cc(Cl)c(OC)cc2OC)c1. The number of amides is 1. The number of esters is 1. The van der Waals surface area contributed by atoms with Crippen molar-refractivity contribution in [3.63, 3.8) is 0 Å². The summed E-state index contributed by atoms with van der Waals surface area (Å²) in [6.07, 6.45) is 0.0101. The number of ether oxygens (including phenoxy) is 3. The smallest absolute Gasteiger partial charge is 0.307 e. The second kappa shape index (κ2) is 11.1. The maximum atomic E-state index is 13.1. The van der Waals surface area contributed by atoms with E-state index in [2.05, 4.69) is 10.0 Å². The van der Waals surface area contributed by atoms with E-state index in [-0.39, 0.29) is 46.5 Å². The molecule has 11 heteroatoms. The average molecular weight is 485 g/mol. The van der Waals surface area contributed by atoms with Crippen molar-refractivity contribution < 1.29 is 32.2 Å². The lowest BCUT2D eigenvalue weighted by molar-refractivity contribution is -0.142. The number of hydrogen-bond donors (Lipinski definition) is 2. The molecule has 9 nitrogen and oxygen atoms in total. The van der Waals surface area contributed by atoms with Crippen LogP contribution in [0.3, 0.4) is 0 Å². The molecule has 0 aliphatic carbocycles. The van der Waals surface area contributed by atoms with Crippen LogP contribution in [0.5, 0.6) is 11.5 Å². The molecule has 0 saturated heterocycles. The first-order valence-corrected chi connectivity index (χ1v) is 11.5. The Hall–Kier alpha value is -2.98. The van der Waals surface area contributed by atoms with Crippen LogP contribution >= 0.6 is 11.6 Å². The van der Waals surface area contributed by atoms with Crippen LogP contribution in [0.4, 0.5) is 5.69 Å². The zero-order chi connectivity index (χ0) is 23.9.